The predicted molar refractivity (Wildman–Crippen MR) is 117 cm³/mol. The zero-order valence-electron chi connectivity index (χ0n) is 16.2. The van der Waals surface area contributed by atoms with Crippen LogP contribution < -0.4 is 0 Å². The molecule has 152 valence electrons. The smallest absolute Gasteiger partial charge is 0.327 e. The van der Waals surface area contributed by atoms with E-state index in [-0.39, 0.29) is 11.7 Å². The van der Waals surface area contributed by atoms with Crippen LogP contribution in [0.2, 0.25) is 0 Å². The van der Waals surface area contributed by atoms with Crippen LogP contribution in [0.15, 0.2) is 54.6 Å². The average Bonchev–Trinajstić information content (AvgIpc) is 3.18. The second-order valence-corrected chi connectivity index (χ2v) is 8.83. The number of carboxylic acid groups (broad SMARTS) is 1. The summed E-state index contributed by atoms with van der Waals surface area (Å²) in [4.78, 5) is 39.3. The molecule has 7 heteroatoms. The number of thioether (sulfide) groups is 1. The number of aliphatic carboxylic acids is 1. The van der Waals surface area contributed by atoms with Gasteiger partial charge in [0.2, 0.25) is 5.91 Å². The first-order valence-electron chi connectivity index (χ1n) is 9.31. The second-order valence-electron chi connectivity index (χ2n) is 7.16. The summed E-state index contributed by atoms with van der Waals surface area (Å²) >= 11 is 5.85. The molecular formula is C22H23NO4S2. The third-order valence-electron chi connectivity index (χ3n) is 5.09. The maximum absolute atomic E-state index is 13.3. The van der Waals surface area contributed by atoms with Gasteiger partial charge in [0.05, 0.1) is 11.2 Å². The van der Waals surface area contributed by atoms with Gasteiger partial charge >= 0.3 is 5.97 Å². The van der Waals surface area contributed by atoms with Crippen molar-refractivity contribution < 1.29 is 19.5 Å². The molecule has 0 spiro atoms. The van der Waals surface area contributed by atoms with Crippen molar-refractivity contribution in [2.45, 2.75) is 30.5 Å². The zero-order chi connectivity index (χ0) is 21.1. The SMILES string of the molecule is Cc1ccc(C2SC[C@@H](C(=O)O)N2C(=O)[C@H](C)C(S)C(=O)c2ccccc2)cc1. The third kappa shape index (κ3) is 4.51. The van der Waals surface area contributed by atoms with Gasteiger partial charge in [0.1, 0.15) is 11.4 Å². The number of Topliss-reactive ketones (excluding diaryl/α,β-unsaturated/α-hetero) is 1. The number of aryl methyl sites for hydroxylation is 1. The van der Waals surface area contributed by atoms with Gasteiger partial charge in [0, 0.05) is 11.3 Å². The summed E-state index contributed by atoms with van der Waals surface area (Å²) in [5, 5.41) is 8.39. The fraction of sp³-hybridized carbons (Fsp3) is 0.318. The van der Waals surface area contributed by atoms with Gasteiger partial charge in [-0.05, 0) is 12.5 Å². The molecule has 3 rings (SSSR count). The largest absolute Gasteiger partial charge is 0.480 e. The van der Waals surface area contributed by atoms with E-state index in [1.807, 2.05) is 37.3 Å². The fourth-order valence-electron chi connectivity index (χ4n) is 3.32. The van der Waals surface area contributed by atoms with Crippen molar-refractivity contribution in [2.24, 2.45) is 5.92 Å². The molecule has 4 atom stereocenters. The number of thiol groups is 1. The number of hydrogen-bond acceptors (Lipinski definition) is 5. The molecule has 2 aromatic rings. The van der Waals surface area contributed by atoms with Gasteiger partial charge in [-0.2, -0.15) is 12.6 Å². The van der Waals surface area contributed by atoms with Crippen LogP contribution in [-0.2, 0) is 9.59 Å². The number of ketones is 1. The second kappa shape index (κ2) is 9.05. The highest BCUT2D eigenvalue weighted by molar-refractivity contribution is 7.99. The zero-order valence-corrected chi connectivity index (χ0v) is 17.9. The first kappa shape index (κ1) is 21.5. The van der Waals surface area contributed by atoms with E-state index < -0.39 is 28.6 Å². The number of carbonyl (C=O) groups excluding carboxylic acids is 2. The summed E-state index contributed by atoms with van der Waals surface area (Å²) in [5.74, 6) is -2.13. The van der Waals surface area contributed by atoms with Crippen LogP contribution in [0.25, 0.3) is 0 Å². The fourth-order valence-corrected chi connectivity index (χ4v) is 5.03. The lowest BCUT2D eigenvalue weighted by atomic mass is 9.97. The number of benzene rings is 2. The van der Waals surface area contributed by atoms with E-state index in [9.17, 15) is 19.5 Å². The molecule has 1 heterocycles. The van der Waals surface area contributed by atoms with Gasteiger partial charge < -0.3 is 10.0 Å². The maximum Gasteiger partial charge on any atom is 0.327 e. The minimum absolute atomic E-state index is 0.250. The lowest BCUT2D eigenvalue weighted by molar-refractivity contribution is -0.150. The summed E-state index contributed by atoms with van der Waals surface area (Å²) in [6, 6.07) is 15.5. The molecule has 0 radical (unpaired) electrons. The molecule has 1 aliphatic rings. The van der Waals surface area contributed by atoms with Crippen LogP contribution >= 0.6 is 24.4 Å². The Kier molecular flexibility index (Phi) is 6.70. The number of carboxylic acids is 1. The highest BCUT2D eigenvalue weighted by Crippen LogP contribution is 2.42. The van der Waals surface area contributed by atoms with Crippen molar-refractivity contribution in [1.82, 2.24) is 4.90 Å². The van der Waals surface area contributed by atoms with Crippen molar-refractivity contribution in [3.8, 4) is 0 Å². The summed E-state index contributed by atoms with van der Waals surface area (Å²) in [7, 11) is 0. The first-order chi connectivity index (χ1) is 13.8. The average molecular weight is 430 g/mol. The minimum atomic E-state index is -1.04. The quantitative estimate of drug-likeness (QED) is 0.539. The topological polar surface area (TPSA) is 74.7 Å². The van der Waals surface area contributed by atoms with Crippen LogP contribution in [0, 0.1) is 12.8 Å². The highest BCUT2D eigenvalue weighted by atomic mass is 32.2. The van der Waals surface area contributed by atoms with E-state index >= 15 is 0 Å². The molecule has 2 aromatic carbocycles. The van der Waals surface area contributed by atoms with Crippen molar-refractivity contribution in [1.29, 1.82) is 0 Å². The Labute approximate surface area is 179 Å². The third-order valence-corrected chi connectivity index (χ3v) is 7.10. The molecular weight excluding hydrogens is 406 g/mol. The van der Waals surface area contributed by atoms with Crippen LogP contribution in [0.4, 0.5) is 0 Å². The Balaban J connectivity index is 1.86. The van der Waals surface area contributed by atoms with Crippen LogP contribution in [-0.4, -0.2) is 44.7 Å². The summed E-state index contributed by atoms with van der Waals surface area (Å²) in [6.07, 6.45) is 0. The van der Waals surface area contributed by atoms with Crippen LogP contribution in [0.1, 0.15) is 33.8 Å². The van der Waals surface area contributed by atoms with Gasteiger partial charge in [-0.1, -0.05) is 67.1 Å². The van der Waals surface area contributed by atoms with Gasteiger partial charge in [-0.25, -0.2) is 4.79 Å². The molecule has 2 unspecified atom stereocenters. The van der Waals surface area contributed by atoms with E-state index in [4.69, 9.17) is 0 Å². The Morgan fingerprint density at radius 2 is 1.72 bits per heavy atom. The van der Waals surface area contributed by atoms with Crippen molar-refractivity contribution in [3.63, 3.8) is 0 Å². The Morgan fingerprint density at radius 3 is 2.31 bits per heavy atom. The van der Waals surface area contributed by atoms with Gasteiger partial charge in [-0.15, -0.1) is 11.8 Å². The molecule has 1 aliphatic heterocycles. The Hall–Kier alpha value is -2.25. The normalized spacial score (nSPS) is 20.9. The number of nitrogens with zero attached hydrogens (tertiary/aromatic N) is 1. The number of rotatable bonds is 6. The molecule has 0 aliphatic carbocycles. The monoisotopic (exact) mass is 429 g/mol. The Bertz CT molecular complexity index is 901. The van der Waals surface area contributed by atoms with Crippen LogP contribution in [0.3, 0.4) is 0 Å². The van der Waals surface area contributed by atoms with Gasteiger partial charge in [0.15, 0.2) is 5.78 Å². The predicted octanol–water partition coefficient (Wildman–Crippen LogP) is 3.84. The molecule has 1 N–H and O–H groups in total. The number of amides is 1. The van der Waals surface area contributed by atoms with Crippen molar-refractivity contribution >= 4 is 42.1 Å². The van der Waals surface area contributed by atoms with E-state index in [2.05, 4.69) is 12.6 Å². The molecule has 0 bridgehead atoms. The van der Waals surface area contributed by atoms with E-state index in [1.54, 1.807) is 31.2 Å². The highest BCUT2D eigenvalue weighted by Gasteiger charge is 2.45. The lowest BCUT2D eigenvalue weighted by Gasteiger charge is -2.31. The standard InChI is InChI=1S/C22H23NO4S2/c1-13-8-10-16(11-9-13)21-23(17(12-29-21)22(26)27)20(25)14(2)19(28)18(24)15-6-4-3-5-7-15/h3-11,14,17,19,21,28H,12H2,1-2H3,(H,26,27)/t14-,17+,19?,21?/m1/s1. The molecule has 0 aromatic heterocycles. The number of hydrogen-bond donors (Lipinski definition) is 2. The molecule has 29 heavy (non-hydrogen) atoms. The van der Waals surface area contributed by atoms with Gasteiger partial charge in [0.25, 0.3) is 0 Å². The number of carbonyl (C=O) groups is 3. The summed E-state index contributed by atoms with van der Waals surface area (Å²) < 4.78 is 0. The van der Waals surface area contributed by atoms with E-state index in [0.29, 0.717) is 11.3 Å². The molecule has 1 fully saturated rings. The van der Waals surface area contributed by atoms with Crippen molar-refractivity contribution in [3.05, 3.63) is 71.3 Å². The Morgan fingerprint density at radius 1 is 1.10 bits per heavy atom. The first-order valence-corrected chi connectivity index (χ1v) is 10.9. The van der Waals surface area contributed by atoms with E-state index in [0.717, 1.165) is 11.1 Å². The molecule has 5 nitrogen and oxygen atoms in total. The minimum Gasteiger partial charge on any atom is -0.480 e. The summed E-state index contributed by atoms with van der Waals surface area (Å²) in [5.41, 5.74) is 2.43. The maximum atomic E-state index is 13.3. The van der Waals surface area contributed by atoms with Crippen LogP contribution in [0.5, 0.6) is 0 Å². The van der Waals surface area contributed by atoms with Crippen molar-refractivity contribution in [2.75, 3.05) is 5.75 Å². The molecule has 0 saturated carbocycles. The van der Waals surface area contributed by atoms with E-state index in [1.165, 1.54) is 16.7 Å². The summed E-state index contributed by atoms with van der Waals surface area (Å²) in [6.45, 7) is 3.60. The molecule has 1 amide bonds. The lowest BCUT2D eigenvalue weighted by Crippen LogP contribution is -2.47. The molecule has 1 saturated heterocycles. The van der Waals surface area contributed by atoms with Gasteiger partial charge in [-0.3, -0.25) is 9.59 Å².